The van der Waals surface area contributed by atoms with E-state index in [4.69, 9.17) is 9.72 Å². The van der Waals surface area contributed by atoms with Crippen LogP contribution in [0.2, 0.25) is 0 Å². The predicted molar refractivity (Wildman–Crippen MR) is 111 cm³/mol. The number of hydrogen-bond donors (Lipinski definition) is 1. The maximum absolute atomic E-state index is 5.99. The molecule has 4 nitrogen and oxygen atoms in total. The van der Waals surface area contributed by atoms with Gasteiger partial charge in [-0.25, -0.2) is 4.98 Å². The molecule has 3 aromatic rings. The minimum absolute atomic E-state index is 0.162. The number of benzene rings is 2. The maximum Gasteiger partial charge on any atom is 0.238 e. The van der Waals surface area contributed by atoms with Gasteiger partial charge in [-0.15, -0.1) is 0 Å². The van der Waals surface area contributed by atoms with E-state index in [1.54, 1.807) is 0 Å². The molecule has 26 heavy (non-hydrogen) atoms. The van der Waals surface area contributed by atoms with Crippen LogP contribution in [0.25, 0.3) is 0 Å². The molecule has 0 spiro atoms. The van der Waals surface area contributed by atoms with Gasteiger partial charge in [0.15, 0.2) is 0 Å². The summed E-state index contributed by atoms with van der Waals surface area (Å²) in [5.74, 6) is 1.73. The van der Waals surface area contributed by atoms with Crippen molar-refractivity contribution in [3.63, 3.8) is 0 Å². The Morgan fingerprint density at radius 2 is 1.54 bits per heavy atom. The number of aromatic nitrogens is 2. The zero-order valence-corrected chi connectivity index (χ0v) is 17.3. The van der Waals surface area contributed by atoms with Crippen LogP contribution in [0.1, 0.15) is 26.5 Å². The Balaban J connectivity index is 1.92. The van der Waals surface area contributed by atoms with E-state index >= 15 is 0 Å². The summed E-state index contributed by atoms with van der Waals surface area (Å²) in [6.45, 7) is 6.33. The molecule has 1 aromatic heterocycles. The lowest BCUT2D eigenvalue weighted by Crippen LogP contribution is -2.16. The van der Waals surface area contributed by atoms with Crippen molar-refractivity contribution in [2.75, 3.05) is 4.72 Å². The monoisotopic (exact) mass is 429 g/mol. The minimum Gasteiger partial charge on any atom is -0.438 e. The molecule has 1 heterocycles. The van der Waals surface area contributed by atoms with Gasteiger partial charge < -0.3 is 4.74 Å². The molecule has 6 heteroatoms. The number of nitrogens with zero attached hydrogens (tertiary/aromatic N) is 2. The number of para-hydroxylation sites is 1. The number of hydrogen-bond acceptors (Lipinski definition) is 5. The van der Waals surface area contributed by atoms with Crippen LogP contribution < -0.4 is 9.46 Å². The lowest BCUT2D eigenvalue weighted by molar-refractivity contribution is 0.451. The Bertz CT molecular complexity index is 867. The molecule has 0 amide bonds. The fraction of sp³-hybridized carbons (Fsp3) is 0.200. The van der Waals surface area contributed by atoms with E-state index in [1.165, 1.54) is 11.9 Å². The molecule has 0 atom stereocenters. The van der Waals surface area contributed by atoms with E-state index in [2.05, 4.69) is 46.4 Å². The second kappa shape index (κ2) is 8.10. The first-order valence-electron chi connectivity index (χ1n) is 8.22. The van der Waals surface area contributed by atoms with Crippen LogP contribution in [0.3, 0.4) is 0 Å². The van der Waals surface area contributed by atoms with Crippen LogP contribution in [-0.4, -0.2) is 9.97 Å². The number of halogens is 1. The molecule has 1 N–H and O–H groups in total. The summed E-state index contributed by atoms with van der Waals surface area (Å²) in [6, 6.07) is 19.7. The summed E-state index contributed by atoms with van der Waals surface area (Å²) in [5.41, 5.74) is 0.722. The summed E-state index contributed by atoms with van der Waals surface area (Å²) < 4.78 is 9.98. The Labute approximate surface area is 166 Å². The molecule has 134 valence electrons. The van der Waals surface area contributed by atoms with E-state index in [-0.39, 0.29) is 5.41 Å². The third-order valence-corrected chi connectivity index (χ3v) is 5.00. The number of ether oxygens (including phenoxy) is 1. The van der Waals surface area contributed by atoms with E-state index in [0.717, 1.165) is 20.8 Å². The Morgan fingerprint density at radius 1 is 0.923 bits per heavy atom. The van der Waals surface area contributed by atoms with Gasteiger partial charge in [0, 0.05) is 10.3 Å². The van der Waals surface area contributed by atoms with Crippen LogP contribution in [0.15, 0.2) is 70.0 Å². The highest BCUT2D eigenvalue weighted by Crippen LogP contribution is 2.37. The van der Waals surface area contributed by atoms with E-state index in [9.17, 15) is 0 Å². The zero-order valence-electron chi connectivity index (χ0n) is 14.9. The van der Waals surface area contributed by atoms with Gasteiger partial charge in [0.1, 0.15) is 10.2 Å². The molecule has 0 bridgehead atoms. The largest absolute Gasteiger partial charge is 0.438 e. The van der Waals surface area contributed by atoms with E-state index < -0.39 is 0 Å². The molecule has 2 aromatic carbocycles. The SMILES string of the molecule is CC(C)(C)c1nc(NSc2ccccc2)nc(Oc2ccccc2)c1Br. The standard InChI is InChI=1S/C20H20BrN3OS/c1-20(2,3)17-16(21)18(25-14-10-6-4-7-11-14)23-19(22-17)24-26-15-12-8-5-9-13-15/h4-13H,1-3H3,(H,22,23,24). The van der Waals surface area contributed by atoms with Gasteiger partial charge in [-0.3, -0.25) is 4.72 Å². The van der Waals surface area contributed by atoms with Crippen molar-refractivity contribution in [3.05, 3.63) is 70.8 Å². The average molecular weight is 430 g/mol. The van der Waals surface area contributed by atoms with Crippen molar-refractivity contribution in [2.24, 2.45) is 0 Å². The van der Waals surface area contributed by atoms with Gasteiger partial charge in [-0.2, -0.15) is 4.98 Å². The van der Waals surface area contributed by atoms with Crippen LogP contribution in [-0.2, 0) is 5.41 Å². The Morgan fingerprint density at radius 3 is 2.15 bits per heavy atom. The lowest BCUT2D eigenvalue weighted by atomic mass is 9.92. The second-order valence-corrected chi connectivity index (χ2v) is 8.37. The second-order valence-electron chi connectivity index (χ2n) is 6.70. The third-order valence-electron chi connectivity index (χ3n) is 3.49. The highest BCUT2D eigenvalue weighted by molar-refractivity contribution is 9.10. The summed E-state index contributed by atoms with van der Waals surface area (Å²) in [4.78, 5) is 10.3. The van der Waals surface area contributed by atoms with Crippen molar-refractivity contribution in [3.8, 4) is 11.6 Å². The smallest absolute Gasteiger partial charge is 0.238 e. The van der Waals surface area contributed by atoms with Crippen LogP contribution >= 0.6 is 27.9 Å². The minimum atomic E-state index is -0.162. The molecule has 0 aliphatic rings. The molecular formula is C20H20BrN3OS. The number of nitrogens with one attached hydrogen (secondary N) is 1. The quantitative estimate of drug-likeness (QED) is 0.472. The summed E-state index contributed by atoms with van der Waals surface area (Å²) in [7, 11) is 0. The molecule has 3 rings (SSSR count). The van der Waals surface area contributed by atoms with Crippen molar-refractivity contribution in [2.45, 2.75) is 31.1 Å². The van der Waals surface area contributed by atoms with Crippen molar-refractivity contribution >= 4 is 33.8 Å². The predicted octanol–water partition coefficient (Wildman–Crippen LogP) is 6.45. The van der Waals surface area contributed by atoms with Crippen LogP contribution in [0.5, 0.6) is 11.6 Å². The third kappa shape index (κ3) is 4.77. The van der Waals surface area contributed by atoms with Gasteiger partial charge in [0.25, 0.3) is 0 Å². The molecule has 0 aliphatic carbocycles. The Kier molecular flexibility index (Phi) is 5.84. The molecule has 0 saturated heterocycles. The van der Waals surface area contributed by atoms with Crippen LogP contribution in [0, 0.1) is 0 Å². The van der Waals surface area contributed by atoms with Crippen LogP contribution in [0.4, 0.5) is 5.95 Å². The topological polar surface area (TPSA) is 47.0 Å². The number of anilines is 1. The summed E-state index contributed by atoms with van der Waals surface area (Å²) in [6.07, 6.45) is 0. The van der Waals surface area contributed by atoms with Gasteiger partial charge >= 0.3 is 0 Å². The maximum atomic E-state index is 5.99. The lowest BCUT2D eigenvalue weighted by Gasteiger charge is -2.21. The van der Waals surface area contributed by atoms with Gasteiger partial charge in [0.2, 0.25) is 11.8 Å². The first-order valence-corrected chi connectivity index (χ1v) is 9.83. The highest BCUT2D eigenvalue weighted by atomic mass is 79.9. The summed E-state index contributed by atoms with van der Waals surface area (Å²) in [5, 5.41) is 0. The molecule has 0 unspecified atom stereocenters. The molecule has 0 fully saturated rings. The fourth-order valence-electron chi connectivity index (χ4n) is 2.23. The molecule has 0 radical (unpaired) electrons. The Hall–Kier alpha value is -2.05. The zero-order chi connectivity index (χ0) is 18.6. The van der Waals surface area contributed by atoms with Gasteiger partial charge in [-0.1, -0.05) is 57.2 Å². The van der Waals surface area contributed by atoms with E-state index in [1.807, 2.05) is 60.7 Å². The van der Waals surface area contributed by atoms with Crippen molar-refractivity contribution < 1.29 is 4.74 Å². The van der Waals surface area contributed by atoms with Gasteiger partial charge in [0.05, 0.1) is 5.69 Å². The van der Waals surface area contributed by atoms with Crippen molar-refractivity contribution in [1.82, 2.24) is 9.97 Å². The number of rotatable bonds is 5. The first-order chi connectivity index (χ1) is 12.4. The fourth-order valence-corrected chi connectivity index (χ4v) is 3.68. The highest BCUT2D eigenvalue weighted by Gasteiger charge is 2.24. The average Bonchev–Trinajstić information content (AvgIpc) is 2.63. The van der Waals surface area contributed by atoms with Gasteiger partial charge in [-0.05, 0) is 52.1 Å². The molecule has 0 aliphatic heterocycles. The van der Waals surface area contributed by atoms with E-state index in [0.29, 0.717) is 11.8 Å². The molecule has 0 saturated carbocycles. The van der Waals surface area contributed by atoms with Crippen molar-refractivity contribution in [1.29, 1.82) is 0 Å². The normalized spacial score (nSPS) is 11.2. The summed E-state index contributed by atoms with van der Waals surface area (Å²) >= 11 is 5.09. The first kappa shape index (κ1) is 18.7. The molecular weight excluding hydrogens is 410 g/mol.